The van der Waals surface area contributed by atoms with Gasteiger partial charge in [-0.1, -0.05) is 130 Å². The normalized spacial score (nSPS) is 26.2. The van der Waals surface area contributed by atoms with Gasteiger partial charge in [-0.15, -0.1) is 0 Å². The minimum absolute atomic E-state index is 0. The summed E-state index contributed by atoms with van der Waals surface area (Å²) < 4.78 is 0. The number of fused-ring (bicyclic) bond motifs is 3. The molecule has 4 atom stereocenters. The van der Waals surface area contributed by atoms with Gasteiger partial charge in [0.25, 0.3) is 0 Å². The maximum absolute atomic E-state index is 12.3. The van der Waals surface area contributed by atoms with Crippen molar-refractivity contribution in [1.82, 2.24) is 0 Å². The standard InChI is InChI=1S/C33H47NP.CH3.2ClH.Ti/c1-21(2)35(34,22(3)4)30-14-12-11-13-27(30)31-28-19-23(32(5,6)7)15-17-25(28)26-18-16-24(20-29(26)31)33(8,9)10;;;;/h11-22,25-26,28-29,31H,1-10H3;1H3;2*1H;/q2*-1;;;+2/p-2. The van der Waals surface area contributed by atoms with Crippen LogP contribution in [0.5, 0.6) is 0 Å². The summed E-state index contributed by atoms with van der Waals surface area (Å²) in [5.74, 6) is 2.26. The van der Waals surface area contributed by atoms with Crippen LogP contribution in [0.3, 0.4) is 0 Å². The molecule has 4 unspecified atom stereocenters. The fourth-order valence-electron chi connectivity index (χ4n) is 6.81. The quantitative estimate of drug-likeness (QED) is 0.181. The second-order valence-corrected chi connectivity index (χ2v) is 20.5. The van der Waals surface area contributed by atoms with Gasteiger partial charge in [0.1, 0.15) is 0 Å². The molecule has 0 N–H and O–H groups in total. The van der Waals surface area contributed by atoms with Gasteiger partial charge in [-0.25, -0.2) is 0 Å². The van der Waals surface area contributed by atoms with Crippen LogP contribution in [0.4, 0.5) is 0 Å². The Bertz CT molecular complexity index is 1100. The zero-order chi connectivity index (χ0) is 28.6. The van der Waals surface area contributed by atoms with Crippen molar-refractivity contribution < 1.29 is 17.0 Å². The van der Waals surface area contributed by atoms with Crippen molar-refractivity contribution >= 4 is 31.0 Å². The van der Waals surface area contributed by atoms with Crippen molar-refractivity contribution in [3.8, 4) is 0 Å². The number of nitrogens with zero attached hydrogens (tertiary/aromatic N) is 1. The fraction of sp³-hybridized carbons (Fsp3) is 0.559. The third-order valence-electron chi connectivity index (χ3n) is 8.89. The van der Waals surface area contributed by atoms with E-state index in [0.717, 1.165) is 0 Å². The molecule has 0 aromatic heterocycles. The summed E-state index contributed by atoms with van der Waals surface area (Å²) in [6, 6.07) is 8.95. The molecule has 0 saturated heterocycles. The van der Waals surface area contributed by atoms with Crippen LogP contribution in [0.1, 0.15) is 80.7 Å². The molecule has 1 saturated carbocycles. The van der Waals surface area contributed by atoms with Crippen molar-refractivity contribution in [3.63, 3.8) is 0 Å². The molecule has 1 aromatic rings. The summed E-state index contributed by atoms with van der Waals surface area (Å²) in [4.78, 5) is 0. The van der Waals surface area contributed by atoms with Crippen molar-refractivity contribution in [1.29, 1.82) is 0 Å². The molecular weight excluding hydrogens is 572 g/mol. The van der Waals surface area contributed by atoms with E-state index in [0.29, 0.717) is 29.6 Å². The van der Waals surface area contributed by atoms with Gasteiger partial charge < -0.3 is 12.6 Å². The first kappa shape index (κ1) is 34.9. The molecule has 0 heterocycles. The zero-order valence-corrected chi connectivity index (χ0v) is 29.9. The van der Waals surface area contributed by atoms with E-state index in [1.54, 1.807) is 0 Å². The van der Waals surface area contributed by atoms with Crippen molar-refractivity contribution in [2.45, 2.75) is 86.5 Å². The van der Waals surface area contributed by atoms with E-state index < -0.39 is 24.1 Å². The average molecular weight is 623 g/mol. The molecule has 0 bridgehead atoms. The molecule has 1 nitrogen and oxygen atoms in total. The van der Waals surface area contributed by atoms with Crippen LogP contribution in [-0.4, -0.2) is 11.3 Å². The molecule has 4 rings (SSSR count). The first-order valence-electron chi connectivity index (χ1n) is 14.1. The molecule has 3 aliphatic rings. The van der Waals surface area contributed by atoms with Crippen LogP contribution in [0, 0.1) is 41.9 Å². The van der Waals surface area contributed by atoms with Gasteiger partial charge in [0, 0.05) is 0 Å². The van der Waals surface area contributed by atoms with E-state index >= 15 is 0 Å². The molecular formula is C34H50Cl2NPTi-2. The van der Waals surface area contributed by atoms with E-state index in [-0.39, 0.29) is 29.6 Å². The van der Waals surface area contributed by atoms with Crippen LogP contribution in [0.2, 0.25) is 0 Å². The molecule has 0 radical (unpaired) electrons. The molecule has 1 fully saturated rings. The summed E-state index contributed by atoms with van der Waals surface area (Å²) in [6.07, 6.45) is 15.0. The Morgan fingerprint density at radius 2 is 1.13 bits per heavy atom. The summed E-state index contributed by atoms with van der Waals surface area (Å²) >= 11 is -0.556. The minimum atomic E-state index is -2.32. The van der Waals surface area contributed by atoms with Gasteiger partial charge in [-0.2, -0.15) is 7.05 Å². The molecule has 0 spiro atoms. The molecule has 3 aliphatic carbocycles. The molecule has 39 heavy (non-hydrogen) atoms. The van der Waals surface area contributed by atoms with Gasteiger partial charge in [-0.3, -0.25) is 0 Å². The number of rotatable bonds is 4. The number of hydrogen-bond acceptors (Lipinski definition) is 0. The average Bonchev–Trinajstić information content (AvgIpc) is 3.15. The summed E-state index contributed by atoms with van der Waals surface area (Å²) in [7, 11) is 7.45. The third kappa shape index (κ3) is 7.03. The number of benzene rings is 1. The van der Waals surface area contributed by atoms with E-state index in [4.69, 9.17) is 18.6 Å². The van der Waals surface area contributed by atoms with Crippen molar-refractivity contribution in [3.05, 3.63) is 90.0 Å². The van der Waals surface area contributed by atoms with Crippen LogP contribution in [0.25, 0.3) is 5.16 Å². The van der Waals surface area contributed by atoms with E-state index in [2.05, 4.69) is 130 Å². The van der Waals surface area contributed by atoms with Gasteiger partial charge in [0.2, 0.25) is 0 Å². The number of hydrogen-bond donors (Lipinski definition) is 0. The van der Waals surface area contributed by atoms with Crippen molar-refractivity contribution in [2.24, 2.45) is 34.5 Å². The van der Waals surface area contributed by atoms with Crippen LogP contribution in [0.15, 0.2) is 71.9 Å². The second-order valence-electron chi connectivity index (χ2n) is 13.9. The predicted octanol–water partition coefficient (Wildman–Crippen LogP) is 11.4. The molecule has 216 valence electrons. The first-order chi connectivity index (χ1) is 17.6. The van der Waals surface area contributed by atoms with E-state index in [9.17, 15) is 5.16 Å². The van der Waals surface area contributed by atoms with Crippen LogP contribution in [-0.2, 0) is 17.0 Å². The van der Waals surface area contributed by atoms with Gasteiger partial charge in [0.15, 0.2) is 0 Å². The van der Waals surface area contributed by atoms with Crippen LogP contribution < -0.4 is 5.30 Å². The van der Waals surface area contributed by atoms with Gasteiger partial charge >= 0.3 is 35.6 Å². The molecule has 0 aliphatic heterocycles. The Balaban J connectivity index is 0.00000127. The summed E-state index contributed by atoms with van der Waals surface area (Å²) in [6.45, 7) is 22.8. The van der Waals surface area contributed by atoms with Crippen molar-refractivity contribution in [2.75, 3.05) is 0 Å². The molecule has 5 heteroatoms. The van der Waals surface area contributed by atoms with E-state index in [1.807, 2.05) is 0 Å². The zero-order valence-electron chi connectivity index (χ0n) is 26.0. The Morgan fingerprint density at radius 3 is 1.49 bits per heavy atom. The third-order valence-corrected chi connectivity index (χ3v) is 13.2. The number of halogens is 2. The van der Waals surface area contributed by atoms with Gasteiger partial charge in [0.05, 0.1) is 0 Å². The Kier molecular flexibility index (Phi) is 11.9. The number of allylic oxidation sites excluding steroid dienone is 8. The van der Waals surface area contributed by atoms with Crippen LogP contribution >= 0.6 is 25.7 Å². The second kappa shape index (κ2) is 13.3. The molecule has 1 aromatic carbocycles. The topological polar surface area (TPSA) is 22.3 Å². The fourth-order valence-corrected chi connectivity index (χ4v) is 10.1. The van der Waals surface area contributed by atoms with E-state index in [1.165, 1.54) is 22.0 Å². The maximum atomic E-state index is 12.3. The predicted molar refractivity (Wildman–Crippen MR) is 175 cm³/mol. The monoisotopic (exact) mass is 621 g/mol. The Hall–Kier alpha value is -0.296. The summed E-state index contributed by atoms with van der Waals surface area (Å²) in [5, 5.41) is 13.5. The van der Waals surface area contributed by atoms with Gasteiger partial charge in [-0.05, 0) is 73.8 Å². The SMILES string of the molecule is CC(C)P(=[N-])(c1ccccc1C1C2C=C(C(C)(C)C)C=CC2C2C=CC(C(C)(C)C)=CC21)C(C)C.[CH3-].[Cl][Ti][Cl]. The first-order valence-corrected chi connectivity index (χ1v) is 20.2. The Morgan fingerprint density at radius 1 is 0.744 bits per heavy atom. The Labute approximate surface area is 257 Å². The summed E-state index contributed by atoms with van der Waals surface area (Å²) in [5.41, 5.74) is 5.04. The molecule has 0 amide bonds.